The Morgan fingerprint density at radius 2 is 1.81 bits per heavy atom. The van der Waals surface area contributed by atoms with Crippen molar-refractivity contribution in [3.63, 3.8) is 0 Å². The van der Waals surface area contributed by atoms with Crippen LogP contribution < -0.4 is 5.32 Å². The standard InChI is InChI=1S/C26H29Cl2N3O5S/c1-17(25(33)29-20-7-3-2-4-8-20)30(16-18-11-12-19(27)15-22(18)28)24(32)13-14-31-26(34)21-9-5-6-10-23(21)37(31,35)36/h5-6,9-12,15,17,20H,2-4,7-8,13-14,16H2,1H3,(H,29,33)/t17-/m0/s1. The van der Waals surface area contributed by atoms with E-state index in [1.165, 1.54) is 17.0 Å². The lowest BCUT2D eigenvalue weighted by molar-refractivity contribution is -0.141. The summed E-state index contributed by atoms with van der Waals surface area (Å²) < 4.78 is 26.5. The maximum Gasteiger partial charge on any atom is 0.269 e. The smallest absolute Gasteiger partial charge is 0.269 e. The molecule has 1 saturated carbocycles. The highest BCUT2D eigenvalue weighted by atomic mass is 35.5. The average molecular weight is 567 g/mol. The van der Waals surface area contributed by atoms with E-state index in [-0.39, 0.29) is 41.9 Å². The Hall–Kier alpha value is -2.62. The highest BCUT2D eigenvalue weighted by Crippen LogP contribution is 2.30. The first-order valence-corrected chi connectivity index (χ1v) is 14.5. The van der Waals surface area contributed by atoms with Gasteiger partial charge in [0.2, 0.25) is 11.8 Å². The van der Waals surface area contributed by atoms with Gasteiger partial charge >= 0.3 is 0 Å². The molecule has 0 radical (unpaired) electrons. The first-order chi connectivity index (χ1) is 17.6. The highest BCUT2D eigenvalue weighted by molar-refractivity contribution is 7.90. The zero-order valence-corrected chi connectivity index (χ0v) is 22.8. The van der Waals surface area contributed by atoms with Gasteiger partial charge in [0.25, 0.3) is 15.9 Å². The molecule has 0 aromatic heterocycles. The molecule has 4 rings (SSSR count). The summed E-state index contributed by atoms with van der Waals surface area (Å²) in [4.78, 5) is 40.6. The van der Waals surface area contributed by atoms with Gasteiger partial charge in [-0.2, -0.15) is 0 Å². The Labute approximate surface area is 227 Å². The molecule has 37 heavy (non-hydrogen) atoms. The zero-order valence-electron chi connectivity index (χ0n) is 20.5. The molecule has 1 heterocycles. The van der Waals surface area contributed by atoms with E-state index in [0.717, 1.165) is 36.4 Å². The van der Waals surface area contributed by atoms with Gasteiger partial charge in [-0.25, -0.2) is 12.7 Å². The molecule has 11 heteroatoms. The van der Waals surface area contributed by atoms with Crippen molar-refractivity contribution < 1.29 is 22.8 Å². The van der Waals surface area contributed by atoms with E-state index >= 15 is 0 Å². The molecule has 8 nitrogen and oxygen atoms in total. The number of nitrogens with one attached hydrogen (secondary N) is 1. The van der Waals surface area contributed by atoms with E-state index in [2.05, 4.69) is 5.32 Å². The minimum atomic E-state index is -4.05. The Balaban J connectivity index is 1.52. The Morgan fingerprint density at radius 1 is 1.11 bits per heavy atom. The molecule has 2 aliphatic rings. The first kappa shape index (κ1) is 27.4. The molecule has 1 aliphatic carbocycles. The van der Waals surface area contributed by atoms with Crippen molar-refractivity contribution in [2.45, 2.75) is 69.0 Å². The fourth-order valence-corrected chi connectivity index (χ4v) is 6.82. The normalized spacial score (nSPS) is 17.8. The quantitative estimate of drug-likeness (QED) is 0.511. The number of halogens is 2. The van der Waals surface area contributed by atoms with Crippen LogP contribution in [-0.4, -0.2) is 54.0 Å². The van der Waals surface area contributed by atoms with Gasteiger partial charge in [-0.15, -0.1) is 0 Å². The van der Waals surface area contributed by atoms with E-state index < -0.39 is 27.9 Å². The Morgan fingerprint density at radius 3 is 2.49 bits per heavy atom. The van der Waals surface area contributed by atoms with Crippen LogP contribution in [0.1, 0.15) is 61.4 Å². The maximum absolute atomic E-state index is 13.5. The predicted octanol–water partition coefficient (Wildman–Crippen LogP) is 4.39. The summed E-state index contributed by atoms with van der Waals surface area (Å²) in [6.07, 6.45) is 4.73. The number of rotatable bonds is 8. The molecule has 2 aromatic rings. The number of carbonyl (C=O) groups excluding carboxylic acids is 3. The van der Waals surface area contributed by atoms with Gasteiger partial charge in [0.15, 0.2) is 0 Å². The SMILES string of the molecule is C[C@@H](C(=O)NC1CCCCC1)N(Cc1ccc(Cl)cc1Cl)C(=O)CCN1C(=O)c2ccccc2S1(=O)=O. The second kappa shape index (κ2) is 11.4. The van der Waals surface area contributed by atoms with Gasteiger partial charge in [0.05, 0.1) is 5.56 Å². The summed E-state index contributed by atoms with van der Waals surface area (Å²) in [5.41, 5.74) is 0.675. The van der Waals surface area contributed by atoms with Gasteiger partial charge in [0, 0.05) is 35.6 Å². The van der Waals surface area contributed by atoms with E-state index in [1.807, 2.05) is 0 Å². The first-order valence-electron chi connectivity index (χ1n) is 12.3. The molecule has 1 atom stereocenters. The fourth-order valence-electron chi connectivity index (χ4n) is 4.78. The van der Waals surface area contributed by atoms with Gasteiger partial charge in [-0.05, 0) is 49.6 Å². The van der Waals surface area contributed by atoms with Crippen LogP contribution in [0.15, 0.2) is 47.4 Å². The van der Waals surface area contributed by atoms with Crippen LogP contribution in [0.4, 0.5) is 0 Å². The van der Waals surface area contributed by atoms with Crippen molar-refractivity contribution in [3.8, 4) is 0 Å². The van der Waals surface area contributed by atoms with Crippen molar-refractivity contribution in [3.05, 3.63) is 63.6 Å². The Kier molecular flexibility index (Phi) is 8.46. The van der Waals surface area contributed by atoms with Crippen LogP contribution >= 0.6 is 23.2 Å². The molecule has 1 fully saturated rings. The molecule has 198 valence electrons. The fraction of sp³-hybridized carbons (Fsp3) is 0.423. The van der Waals surface area contributed by atoms with Gasteiger partial charge in [-0.1, -0.05) is 60.7 Å². The van der Waals surface area contributed by atoms with Crippen LogP contribution in [-0.2, 0) is 26.2 Å². The number of fused-ring (bicyclic) bond motifs is 1. The molecule has 0 saturated heterocycles. The molecular weight excluding hydrogens is 537 g/mol. The van der Waals surface area contributed by atoms with Gasteiger partial charge < -0.3 is 10.2 Å². The van der Waals surface area contributed by atoms with Crippen molar-refractivity contribution in [2.24, 2.45) is 0 Å². The predicted molar refractivity (Wildman–Crippen MR) is 141 cm³/mol. The van der Waals surface area contributed by atoms with Crippen molar-refractivity contribution in [1.82, 2.24) is 14.5 Å². The third-order valence-corrected chi connectivity index (χ3v) is 9.34. The maximum atomic E-state index is 13.5. The number of carbonyl (C=O) groups is 3. The van der Waals surface area contributed by atoms with Crippen LogP contribution in [0.5, 0.6) is 0 Å². The summed E-state index contributed by atoms with van der Waals surface area (Å²) in [6.45, 7) is 1.32. The molecule has 2 aromatic carbocycles. The number of amides is 3. The topological polar surface area (TPSA) is 104 Å². The lowest BCUT2D eigenvalue weighted by Gasteiger charge is -2.32. The third-order valence-electron chi connectivity index (χ3n) is 6.92. The average Bonchev–Trinajstić information content (AvgIpc) is 3.07. The second-order valence-electron chi connectivity index (χ2n) is 9.41. The van der Waals surface area contributed by atoms with E-state index in [0.29, 0.717) is 15.6 Å². The van der Waals surface area contributed by atoms with Gasteiger partial charge in [-0.3, -0.25) is 14.4 Å². The van der Waals surface area contributed by atoms with Crippen LogP contribution in [0.2, 0.25) is 10.0 Å². The van der Waals surface area contributed by atoms with Crippen LogP contribution in [0.25, 0.3) is 0 Å². The third kappa shape index (κ3) is 5.94. The molecule has 1 N–H and O–H groups in total. The van der Waals surface area contributed by atoms with Crippen molar-refractivity contribution >= 4 is 50.9 Å². The Bertz CT molecular complexity index is 1310. The lowest BCUT2D eigenvalue weighted by Crippen LogP contribution is -2.51. The molecular formula is C26H29Cl2N3O5S. The minimum Gasteiger partial charge on any atom is -0.352 e. The number of benzene rings is 2. The lowest BCUT2D eigenvalue weighted by atomic mass is 9.95. The highest BCUT2D eigenvalue weighted by Gasteiger charge is 2.41. The van der Waals surface area contributed by atoms with Crippen LogP contribution in [0, 0.1) is 0 Å². The molecule has 0 unspecified atom stereocenters. The monoisotopic (exact) mass is 565 g/mol. The zero-order chi connectivity index (χ0) is 26.7. The minimum absolute atomic E-state index is 0.0228. The molecule has 3 amide bonds. The molecule has 0 spiro atoms. The molecule has 0 bridgehead atoms. The van der Waals surface area contributed by atoms with Crippen LogP contribution in [0.3, 0.4) is 0 Å². The number of sulfonamides is 1. The largest absolute Gasteiger partial charge is 0.352 e. The van der Waals surface area contributed by atoms with Gasteiger partial charge in [0.1, 0.15) is 10.9 Å². The summed E-state index contributed by atoms with van der Waals surface area (Å²) in [5.74, 6) is -1.43. The van der Waals surface area contributed by atoms with E-state index in [1.54, 1.807) is 37.3 Å². The number of nitrogens with zero attached hydrogens (tertiary/aromatic N) is 2. The second-order valence-corrected chi connectivity index (χ2v) is 12.1. The summed E-state index contributed by atoms with van der Waals surface area (Å²) in [6, 6.07) is 10.1. The number of hydrogen-bond donors (Lipinski definition) is 1. The van der Waals surface area contributed by atoms with E-state index in [4.69, 9.17) is 23.2 Å². The van der Waals surface area contributed by atoms with Crippen molar-refractivity contribution in [2.75, 3.05) is 6.54 Å². The van der Waals surface area contributed by atoms with E-state index in [9.17, 15) is 22.8 Å². The number of hydrogen-bond acceptors (Lipinski definition) is 5. The molecule has 1 aliphatic heterocycles. The summed E-state index contributed by atoms with van der Waals surface area (Å²) in [5, 5.41) is 3.83. The summed E-state index contributed by atoms with van der Waals surface area (Å²) in [7, 11) is -4.05. The summed E-state index contributed by atoms with van der Waals surface area (Å²) >= 11 is 12.4. The van der Waals surface area contributed by atoms with Crippen molar-refractivity contribution in [1.29, 1.82) is 0 Å².